The van der Waals surface area contributed by atoms with Crippen LogP contribution < -0.4 is 5.32 Å². The summed E-state index contributed by atoms with van der Waals surface area (Å²) in [4.78, 5) is 0. The van der Waals surface area contributed by atoms with Crippen LogP contribution >= 0.6 is 0 Å². The van der Waals surface area contributed by atoms with E-state index in [9.17, 15) is 0 Å². The highest BCUT2D eigenvalue weighted by molar-refractivity contribution is 5.19. The van der Waals surface area contributed by atoms with Crippen molar-refractivity contribution in [2.75, 3.05) is 7.05 Å². The minimum Gasteiger partial charge on any atom is -0.313 e. The molecule has 0 fully saturated rings. The number of aromatic nitrogens is 2. The molecular formula is C12H19N3. The van der Waals surface area contributed by atoms with Crippen molar-refractivity contribution in [1.29, 1.82) is 0 Å². The molecule has 0 spiro atoms. The predicted molar refractivity (Wildman–Crippen MR) is 62.4 cm³/mol. The zero-order valence-electron chi connectivity index (χ0n) is 9.75. The van der Waals surface area contributed by atoms with E-state index < -0.39 is 0 Å². The van der Waals surface area contributed by atoms with Crippen LogP contribution in [-0.2, 0) is 7.05 Å². The molecule has 15 heavy (non-hydrogen) atoms. The van der Waals surface area contributed by atoms with E-state index in [0.29, 0.717) is 6.04 Å². The topological polar surface area (TPSA) is 29.9 Å². The number of unbranched alkanes of at least 4 members (excludes halogenated alkanes) is 1. The first-order valence-corrected chi connectivity index (χ1v) is 5.30. The Morgan fingerprint density at radius 2 is 2.40 bits per heavy atom. The van der Waals surface area contributed by atoms with E-state index in [0.717, 1.165) is 25.0 Å². The third-order valence-electron chi connectivity index (χ3n) is 2.59. The Labute approximate surface area is 91.9 Å². The lowest BCUT2D eigenvalue weighted by atomic mass is 10.0. The molecule has 0 aromatic carbocycles. The lowest BCUT2D eigenvalue weighted by Gasteiger charge is -2.14. The van der Waals surface area contributed by atoms with Gasteiger partial charge >= 0.3 is 0 Å². The molecule has 0 saturated carbocycles. The molecule has 3 heteroatoms. The lowest BCUT2D eigenvalue weighted by molar-refractivity contribution is 0.529. The Kier molecular flexibility index (Phi) is 4.38. The van der Waals surface area contributed by atoms with E-state index in [1.54, 1.807) is 0 Å². The summed E-state index contributed by atoms with van der Waals surface area (Å²) in [5.74, 6) is 2.67. The summed E-state index contributed by atoms with van der Waals surface area (Å²) >= 11 is 0. The van der Waals surface area contributed by atoms with Crippen molar-refractivity contribution in [3.05, 3.63) is 17.5 Å². The van der Waals surface area contributed by atoms with Gasteiger partial charge in [-0.1, -0.05) is 0 Å². The van der Waals surface area contributed by atoms with Gasteiger partial charge in [-0.2, -0.15) is 5.10 Å². The molecule has 0 amide bonds. The van der Waals surface area contributed by atoms with Gasteiger partial charge in [0.15, 0.2) is 0 Å². The predicted octanol–water partition coefficient (Wildman–Crippen LogP) is 1.79. The first-order valence-electron chi connectivity index (χ1n) is 5.30. The molecule has 0 radical (unpaired) electrons. The maximum absolute atomic E-state index is 5.24. The van der Waals surface area contributed by atoms with E-state index in [-0.39, 0.29) is 0 Å². The van der Waals surface area contributed by atoms with Crippen molar-refractivity contribution >= 4 is 0 Å². The molecule has 1 rings (SSSR count). The summed E-state index contributed by atoms with van der Waals surface area (Å²) in [7, 11) is 3.93. The minimum absolute atomic E-state index is 0.368. The number of aryl methyl sites for hydroxylation is 2. The lowest BCUT2D eigenvalue weighted by Crippen LogP contribution is -2.16. The Morgan fingerprint density at radius 3 is 2.87 bits per heavy atom. The van der Waals surface area contributed by atoms with Crippen molar-refractivity contribution in [3.63, 3.8) is 0 Å². The number of nitrogens with zero attached hydrogens (tertiary/aromatic N) is 2. The van der Waals surface area contributed by atoms with Crippen molar-refractivity contribution < 1.29 is 0 Å². The van der Waals surface area contributed by atoms with Gasteiger partial charge in [0.1, 0.15) is 0 Å². The van der Waals surface area contributed by atoms with E-state index in [1.165, 1.54) is 5.56 Å². The third kappa shape index (κ3) is 3.10. The van der Waals surface area contributed by atoms with Crippen LogP contribution in [0.1, 0.15) is 36.6 Å². The van der Waals surface area contributed by atoms with Crippen LogP contribution in [0.4, 0.5) is 0 Å². The normalized spacial score (nSPS) is 12.4. The molecule has 1 unspecified atom stereocenters. The van der Waals surface area contributed by atoms with E-state index in [2.05, 4.69) is 22.5 Å². The molecule has 82 valence electrons. The molecule has 1 atom stereocenters. The van der Waals surface area contributed by atoms with Crippen LogP contribution in [0.3, 0.4) is 0 Å². The van der Waals surface area contributed by atoms with E-state index in [4.69, 9.17) is 6.42 Å². The highest BCUT2D eigenvalue weighted by Crippen LogP contribution is 2.21. The Balaban J connectivity index is 2.66. The number of hydrogen-bond acceptors (Lipinski definition) is 2. The summed E-state index contributed by atoms with van der Waals surface area (Å²) in [5, 5.41) is 7.65. The minimum atomic E-state index is 0.368. The van der Waals surface area contributed by atoms with Gasteiger partial charge in [0, 0.05) is 31.3 Å². The smallest absolute Gasteiger partial charge is 0.0641 e. The van der Waals surface area contributed by atoms with Gasteiger partial charge in [0.2, 0.25) is 0 Å². The summed E-state index contributed by atoms with van der Waals surface area (Å²) < 4.78 is 1.86. The largest absolute Gasteiger partial charge is 0.313 e. The number of nitrogens with one attached hydrogen (secondary N) is 1. The third-order valence-corrected chi connectivity index (χ3v) is 2.59. The number of hydrogen-bond donors (Lipinski definition) is 1. The Bertz CT molecular complexity index is 346. The van der Waals surface area contributed by atoms with Crippen molar-refractivity contribution in [2.24, 2.45) is 7.05 Å². The van der Waals surface area contributed by atoms with Gasteiger partial charge < -0.3 is 5.32 Å². The van der Waals surface area contributed by atoms with Gasteiger partial charge in [-0.05, 0) is 26.8 Å². The summed E-state index contributed by atoms with van der Waals surface area (Å²) in [6, 6.07) is 0.368. The quantitative estimate of drug-likeness (QED) is 0.586. The summed E-state index contributed by atoms with van der Waals surface area (Å²) in [6.45, 7) is 2.04. The van der Waals surface area contributed by atoms with Crippen molar-refractivity contribution in [2.45, 2.75) is 32.2 Å². The van der Waals surface area contributed by atoms with Crippen LogP contribution in [0.5, 0.6) is 0 Å². The Morgan fingerprint density at radius 1 is 1.67 bits per heavy atom. The molecule has 1 N–H and O–H groups in total. The maximum atomic E-state index is 5.24. The first-order chi connectivity index (χ1) is 7.19. The van der Waals surface area contributed by atoms with Crippen LogP contribution in [0, 0.1) is 19.3 Å². The Hall–Kier alpha value is -1.27. The van der Waals surface area contributed by atoms with Crippen molar-refractivity contribution in [3.8, 4) is 12.3 Å². The van der Waals surface area contributed by atoms with Gasteiger partial charge in [-0.3, -0.25) is 4.68 Å². The second-order valence-corrected chi connectivity index (χ2v) is 3.78. The zero-order chi connectivity index (χ0) is 11.3. The molecule has 1 aromatic rings. The summed E-state index contributed by atoms with van der Waals surface area (Å²) in [6.07, 6.45) is 10.3. The molecule has 0 aliphatic rings. The second-order valence-electron chi connectivity index (χ2n) is 3.78. The SMILES string of the molecule is C#CCCCC(NC)c1cn(C)nc1C. The van der Waals surface area contributed by atoms with Crippen molar-refractivity contribution in [1.82, 2.24) is 15.1 Å². The fourth-order valence-corrected chi connectivity index (χ4v) is 1.82. The molecule has 0 saturated heterocycles. The zero-order valence-corrected chi connectivity index (χ0v) is 9.75. The molecule has 1 heterocycles. The van der Waals surface area contributed by atoms with Gasteiger partial charge in [0.05, 0.1) is 5.69 Å². The van der Waals surface area contributed by atoms with Crippen LogP contribution in [0.2, 0.25) is 0 Å². The molecule has 1 aromatic heterocycles. The highest BCUT2D eigenvalue weighted by atomic mass is 15.3. The first kappa shape index (κ1) is 11.8. The second kappa shape index (κ2) is 5.57. The average molecular weight is 205 g/mol. The molecule has 3 nitrogen and oxygen atoms in total. The fraction of sp³-hybridized carbons (Fsp3) is 0.583. The monoisotopic (exact) mass is 205 g/mol. The van der Waals surface area contributed by atoms with Gasteiger partial charge in [0.25, 0.3) is 0 Å². The van der Waals surface area contributed by atoms with Gasteiger partial charge in [-0.15, -0.1) is 12.3 Å². The standard InChI is InChI=1S/C12H19N3/c1-5-6-7-8-12(13-3)11-9-15(4)14-10(11)2/h1,9,12-13H,6-8H2,2-4H3. The molecule has 0 aliphatic carbocycles. The fourth-order valence-electron chi connectivity index (χ4n) is 1.82. The highest BCUT2D eigenvalue weighted by Gasteiger charge is 2.13. The van der Waals surface area contributed by atoms with Crippen LogP contribution in [0.15, 0.2) is 6.20 Å². The van der Waals surface area contributed by atoms with E-state index in [1.807, 2.05) is 25.7 Å². The summed E-state index contributed by atoms with van der Waals surface area (Å²) in [5.41, 5.74) is 2.37. The molecule has 0 aliphatic heterocycles. The maximum Gasteiger partial charge on any atom is 0.0641 e. The number of terminal acetylenes is 1. The molecule has 0 bridgehead atoms. The van der Waals surface area contributed by atoms with E-state index >= 15 is 0 Å². The van der Waals surface area contributed by atoms with Crippen LogP contribution in [-0.4, -0.2) is 16.8 Å². The van der Waals surface area contributed by atoms with Crippen LogP contribution in [0.25, 0.3) is 0 Å². The van der Waals surface area contributed by atoms with Gasteiger partial charge in [-0.25, -0.2) is 0 Å². The number of rotatable bonds is 5. The molecular weight excluding hydrogens is 186 g/mol. The average Bonchev–Trinajstić information content (AvgIpc) is 2.53.